The Morgan fingerprint density at radius 1 is 0.870 bits per heavy atom. The Morgan fingerprint density at radius 2 is 1.39 bits per heavy atom. The lowest BCUT2D eigenvalue weighted by atomic mass is 9.78. The van der Waals surface area contributed by atoms with Crippen LogP contribution in [-0.2, 0) is 23.7 Å². The molecule has 0 saturated carbocycles. The molecule has 0 aliphatic rings. The van der Waals surface area contributed by atoms with E-state index >= 15 is 0 Å². The van der Waals surface area contributed by atoms with Crippen LogP contribution in [-0.4, -0.2) is 10.1 Å². The van der Waals surface area contributed by atoms with Crippen LogP contribution < -0.4 is 0 Å². The molecule has 23 heavy (non-hydrogen) atoms. The first-order valence-corrected chi connectivity index (χ1v) is 8.57. The summed E-state index contributed by atoms with van der Waals surface area (Å²) in [6, 6.07) is 6.53. The Bertz CT molecular complexity index is 604. The molecule has 0 saturated heterocycles. The summed E-state index contributed by atoms with van der Waals surface area (Å²) in [6.45, 7) is 13.0. The van der Waals surface area contributed by atoms with Crippen LogP contribution in [0.5, 0.6) is 5.75 Å². The SMILES string of the molecule is CC(C)(C)c1cc(CCCc2cc[nH]c2)cc(C(C)(C)C)c1O. The van der Waals surface area contributed by atoms with Crippen LogP contribution in [0, 0.1) is 0 Å². The van der Waals surface area contributed by atoms with E-state index in [0.717, 1.165) is 30.4 Å². The minimum absolute atomic E-state index is 0.0548. The van der Waals surface area contributed by atoms with Gasteiger partial charge in [-0.3, -0.25) is 0 Å². The van der Waals surface area contributed by atoms with Gasteiger partial charge in [0, 0.05) is 12.4 Å². The Morgan fingerprint density at radius 3 is 1.83 bits per heavy atom. The van der Waals surface area contributed by atoms with Crippen molar-refractivity contribution in [1.82, 2.24) is 4.98 Å². The van der Waals surface area contributed by atoms with Gasteiger partial charge in [0.1, 0.15) is 5.75 Å². The highest BCUT2D eigenvalue weighted by Gasteiger charge is 2.26. The molecule has 2 nitrogen and oxygen atoms in total. The summed E-state index contributed by atoms with van der Waals surface area (Å²) in [5.74, 6) is 0.472. The molecule has 2 aromatic rings. The third kappa shape index (κ3) is 4.40. The molecule has 1 aromatic carbocycles. The van der Waals surface area contributed by atoms with Gasteiger partial charge in [0.05, 0.1) is 0 Å². The molecular formula is C21H31NO. The number of aryl methyl sites for hydroxylation is 2. The standard InChI is InChI=1S/C21H31NO/c1-20(2,3)17-12-16(9-7-8-15-10-11-22-14-15)13-18(19(17)23)21(4,5)6/h10-14,22-23H,7-9H2,1-6H3. The van der Waals surface area contributed by atoms with E-state index in [0.29, 0.717) is 5.75 Å². The van der Waals surface area contributed by atoms with Gasteiger partial charge in [-0.05, 0) is 58.4 Å². The largest absolute Gasteiger partial charge is 0.507 e. The number of aromatic amines is 1. The fourth-order valence-corrected chi connectivity index (χ4v) is 2.99. The number of phenolic OH excluding ortho intramolecular Hbond substituents is 1. The summed E-state index contributed by atoms with van der Waals surface area (Å²) < 4.78 is 0. The lowest BCUT2D eigenvalue weighted by Gasteiger charge is -2.28. The molecule has 0 fully saturated rings. The van der Waals surface area contributed by atoms with Gasteiger partial charge < -0.3 is 10.1 Å². The van der Waals surface area contributed by atoms with Crippen LogP contribution in [0.2, 0.25) is 0 Å². The number of H-pyrrole nitrogens is 1. The van der Waals surface area contributed by atoms with E-state index in [1.54, 1.807) is 0 Å². The summed E-state index contributed by atoms with van der Waals surface area (Å²) in [5.41, 5.74) is 4.69. The molecule has 0 radical (unpaired) electrons. The van der Waals surface area contributed by atoms with Crippen molar-refractivity contribution in [3.63, 3.8) is 0 Å². The van der Waals surface area contributed by atoms with Crippen LogP contribution in [0.3, 0.4) is 0 Å². The van der Waals surface area contributed by atoms with Gasteiger partial charge >= 0.3 is 0 Å². The van der Waals surface area contributed by atoms with E-state index in [1.165, 1.54) is 11.1 Å². The van der Waals surface area contributed by atoms with E-state index < -0.39 is 0 Å². The van der Waals surface area contributed by atoms with Crippen molar-refractivity contribution < 1.29 is 5.11 Å². The number of hydrogen-bond donors (Lipinski definition) is 2. The minimum Gasteiger partial charge on any atom is -0.507 e. The van der Waals surface area contributed by atoms with Crippen LogP contribution in [0.25, 0.3) is 0 Å². The maximum atomic E-state index is 10.8. The molecule has 1 aromatic heterocycles. The maximum Gasteiger partial charge on any atom is 0.123 e. The monoisotopic (exact) mass is 313 g/mol. The van der Waals surface area contributed by atoms with Gasteiger partial charge in [0.15, 0.2) is 0 Å². The first kappa shape index (κ1) is 17.7. The summed E-state index contributed by atoms with van der Waals surface area (Å²) in [6.07, 6.45) is 7.29. The minimum atomic E-state index is -0.0548. The van der Waals surface area contributed by atoms with Crippen LogP contribution in [0.1, 0.15) is 70.2 Å². The molecule has 0 unspecified atom stereocenters. The van der Waals surface area contributed by atoms with Crippen LogP contribution in [0.4, 0.5) is 0 Å². The number of benzene rings is 1. The summed E-state index contributed by atoms with van der Waals surface area (Å²) in [5, 5.41) is 10.8. The second kappa shape index (κ2) is 6.43. The Balaban J connectivity index is 2.28. The highest BCUT2D eigenvalue weighted by Crippen LogP contribution is 2.40. The van der Waals surface area contributed by atoms with Crippen molar-refractivity contribution >= 4 is 0 Å². The van der Waals surface area contributed by atoms with Crippen molar-refractivity contribution in [2.45, 2.75) is 71.6 Å². The van der Waals surface area contributed by atoms with Gasteiger partial charge in [-0.2, -0.15) is 0 Å². The molecule has 2 heteroatoms. The third-order valence-corrected chi connectivity index (χ3v) is 4.38. The molecule has 0 spiro atoms. The summed E-state index contributed by atoms with van der Waals surface area (Å²) in [7, 11) is 0. The average Bonchev–Trinajstić information content (AvgIpc) is 2.91. The molecule has 126 valence electrons. The van der Waals surface area contributed by atoms with E-state index in [4.69, 9.17) is 0 Å². The molecule has 0 atom stereocenters. The lowest BCUT2D eigenvalue weighted by Crippen LogP contribution is -2.18. The second-order valence-corrected chi connectivity index (χ2v) is 8.61. The second-order valence-electron chi connectivity index (χ2n) is 8.61. The van der Waals surface area contributed by atoms with Gasteiger partial charge in [-0.15, -0.1) is 0 Å². The fraction of sp³-hybridized carbons (Fsp3) is 0.524. The Hall–Kier alpha value is -1.70. The molecular weight excluding hydrogens is 282 g/mol. The van der Waals surface area contributed by atoms with E-state index in [2.05, 4.69) is 70.9 Å². The van der Waals surface area contributed by atoms with Gasteiger partial charge in [-0.1, -0.05) is 53.7 Å². The first-order chi connectivity index (χ1) is 10.6. The number of aromatic nitrogens is 1. The molecule has 0 aliphatic carbocycles. The third-order valence-electron chi connectivity index (χ3n) is 4.38. The number of hydrogen-bond acceptors (Lipinski definition) is 1. The zero-order valence-electron chi connectivity index (χ0n) is 15.5. The normalized spacial score (nSPS) is 12.6. The van der Waals surface area contributed by atoms with E-state index in [-0.39, 0.29) is 10.8 Å². The average molecular weight is 313 g/mol. The summed E-state index contributed by atoms with van der Waals surface area (Å²) >= 11 is 0. The number of aromatic hydroxyl groups is 1. The highest BCUT2D eigenvalue weighted by molar-refractivity contribution is 5.49. The number of nitrogens with one attached hydrogen (secondary N) is 1. The van der Waals surface area contributed by atoms with Gasteiger partial charge in [-0.25, -0.2) is 0 Å². The fourth-order valence-electron chi connectivity index (χ4n) is 2.99. The van der Waals surface area contributed by atoms with Crippen molar-refractivity contribution in [2.24, 2.45) is 0 Å². The maximum absolute atomic E-state index is 10.8. The number of phenols is 1. The zero-order chi connectivity index (χ0) is 17.3. The molecule has 1 heterocycles. The quantitative estimate of drug-likeness (QED) is 0.769. The van der Waals surface area contributed by atoms with Crippen molar-refractivity contribution in [3.05, 3.63) is 52.8 Å². The number of rotatable bonds is 4. The van der Waals surface area contributed by atoms with Crippen LogP contribution >= 0.6 is 0 Å². The Labute approximate surface area is 141 Å². The molecule has 2 N–H and O–H groups in total. The molecule has 0 amide bonds. The van der Waals surface area contributed by atoms with Crippen LogP contribution in [0.15, 0.2) is 30.6 Å². The van der Waals surface area contributed by atoms with Gasteiger partial charge in [0.2, 0.25) is 0 Å². The summed E-state index contributed by atoms with van der Waals surface area (Å²) in [4.78, 5) is 3.11. The van der Waals surface area contributed by atoms with Crippen molar-refractivity contribution in [2.75, 3.05) is 0 Å². The predicted octanol–water partition coefficient (Wildman–Crippen LogP) is 5.49. The molecule has 0 aliphatic heterocycles. The van der Waals surface area contributed by atoms with Crippen molar-refractivity contribution in [3.8, 4) is 5.75 Å². The molecule has 0 bridgehead atoms. The van der Waals surface area contributed by atoms with Gasteiger partial charge in [0.25, 0.3) is 0 Å². The first-order valence-electron chi connectivity index (χ1n) is 8.57. The molecule has 2 rings (SSSR count). The smallest absolute Gasteiger partial charge is 0.123 e. The predicted molar refractivity (Wildman–Crippen MR) is 98.3 cm³/mol. The lowest BCUT2D eigenvalue weighted by molar-refractivity contribution is 0.422. The topological polar surface area (TPSA) is 36.0 Å². The highest BCUT2D eigenvalue weighted by atomic mass is 16.3. The van der Waals surface area contributed by atoms with Crippen molar-refractivity contribution in [1.29, 1.82) is 0 Å². The zero-order valence-corrected chi connectivity index (χ0v) is 15.5. The van der Waals surface area contributed by atoms with E-state index in [1.807, 2.05) is 6.20 Å². The Kier molecular flexibility index (Phi) is 4.93. The van der Waals surface area contributed by atoms with E-state index in [9.17, 15) is 5.11 Å².